The molecular formula is C14H19N3O. The maximum Gasteiger partial charge on any atom is 0.207 e. The average Bonchev–Trinajstić information content (AvgIpc) is 2.88. The van der Waals surface area contributed by atoms with Gasteiger partial charge in [-0.25, -0.2) is 4.98 Å². The van der Waals surface area contributed by atoms with Crippen LogP contribution in [0.2, 0.25) is 0 Å². The summed E-state index contributed by atoms with van der Waals surface area (Å²) in [6.45, 7) is 1.72. The van der Waals surface area contributed by atoms with E-state index in [1.165, 1.54) is 0 Å². The van der Waals surface area contributed by atoms with E-state index in [0.717, 1.165) is 37.6 Å². The van der Waals surface area contributed by atoms with Gasteiger partial charge in [0.05, 0.1) is 0 Å². The van der Waals surface area contributed by atoms with Crippen LogP contribution in [0.25, 0.3) is 5.69 Å². The second kappa shape index (κ2) is 6.81. The van der Waals surface area contributed by atoms with Crippen LogP contribution in [0.1, 0.15) is 12.8 Å². The largest absolute Gasteiger partial charge is 0.385 e. The summed E-state index contributed by atoms with van der Waals surface area (Å²) in [5, 5.41) is 3.35. The highest BCUT2D eigenvalue weighted by molar-refractivity contribution is 5.41. The molecule has 1 aromatic carbocycles. The molecule has 1 aromatic heterocycles. The lowest BCUT2D eigenvalue weighted by molar-refractivity contribution is 0.193. The van der Waals surface area contributed by atoms with Gasteiger partial charge in [-0.1, -0.05) is 18.2 Å². The Morgan fingerprint density at radius 1 is 1.22 bits per heavy atom. The van der Waals surface area contributed by atoms with E-state index < -0.39 is 0 Å². The van der Waals surface area contributed by atoms with E-state index in [1.54, 1.807) is 7.11 Å². The first-order valence-corrected chi connectivity index (χ1v) is 6.23. The summed E-state index contributed by atoms with van der Waals surface area (Å²) in [4.78, 5) is 4.33. The minimum Gasteiger partial charge on any atom is -0.385 e. The van der Waals surface area contributed by atoms with E-state index in [9.17, 15) is 0 Å². The number of ether oxygens (including phenoxy) is 1. The van der Waals surface area contributed by atoms with Crippen LogP contribution < -0.4 is 5.32 Å². The smallest absolute Gasteiger partial charge is 0.207 e. The summed E-state index contributed by atoms with van der Waals surface area (Å²) in [7, 11) is 1.73. The molecule has 18 heavy (non-hydrogen) atoms. The zero-order valence-corrected chi connectivity index (χ0v) is 10.7. The number of imidazole rings is 1. The Morgan fingerprint density at radius 2 is 2.06 bits per heavy atom. The highest BCUT2D eigenvalue weighted by atomic mass is 16.5. The Kier molecular flexibility index (Phi) is 4.78. The summed E-state index contributed by atoms with van der Waals surface area (Å²) < 4.78 is 7.08. The topological polar surface area (TPSA) is 39.1 Å². The van der Waals surface area contributed by atoms with Gasteiger partial charge >= 0.3 is 0 Å². The summed E-state index contributed by atoms with van der Waals surface area (Å²) in [5.41, 5.74) is 1.12. The summed E-state index contributed by atoms with van der Waals surface area (Å²) in [6, 6.07) is 10.2. The monoisotopic (exact) mass is 245 g/mol. The van der Waals surface area contributed by atoms with Gasteiger partial charge in [0, 0.05) is 38.3 Å². The number of aromatic nitrogens is 2. The Balaban J connectivity index is 1.92. The van der Waals surface area contributed by atoms with Crippen molar-refractivity contribution in [2.75, 3.05) is 25.6 Å². The molecule has 2 aromatic rings. The number of methoxy groups -OCH3 is 1. The fraction of sp³-hybridized carbons (Fsp3) is 0.357. The number of rotatable bonds is 7. The molecule has 0 unspecified atom stereocenters. The minimum absolute atomic E-state index is 0.814. The first-order chi connectivity index (χ1) is 8.92. The van der Waals surface area contributed by atoms with Gasteiger partial charge in [-0.05, 0) is 25.0 Å². The van der Waals surface area contributed by atoms with Crippen molar-refractivity contribution < 1.29 is 4.74 Å². The molecule has 4 heteroatoms. The van der Waals surface area contributed by atoms with Crippen molar-refractivity contribution in [2.24, 2.45) is 0 Å². The molecule has 0 amide bonds. The molecule has 0 atom stereocenters. The zero-order valence-electron chi connectivity index (χ0n) is 10.7. The second-order valence-electron chi connectivity index (χ2n) is 4.08. The van der Waals surface area contributed by atoms with E-state index >= 15 is 0 Å². The fourth-order valence-electron chi connectivity index (χ4n) is 1.80. The van der Waals surface area contributed by atoms with Crippen molar-refractivity contribution in [3.05, 3.63) is 42.7 Å². The first-order valence-electron chi connectivity index (χ1n) is 6.23. The molecule has 0 aliphatic rings. The van der Waals surface area contributed by atoms with Gasteiger partial charge in [-0.3, -0.25) is 4.57 Å². The van der Waals surface area contributed by atoms with E-state index in [0.29, 0.717) is 0 Å². The molecule has 4 nitrogen and oxygen atoms in total. The molecule has 0 spiro atoms. The van der Waals surface area contributed by atoms with Gasteiger partial charge in [0.25, 0.3) is 0 Å². The maximum absolute atomic E-state index is 5.02. The average molecular weight is 245 g/mol. The molecular weight excluding hydrogens is 226 g/mol. The predicted octanol–water partition coefficient (Wildman–Crippen LogP) is 2.71. The Bertz CT molecular complexity index is 453. The fourth-order valence-corrected chi connectivity index (χ4v) is 1.80. The molecule has 0 aliphatic heterocycles. The molecule has 0 radical (unpaired) electrons. The molecule has 0 saturated heterocycles. The van der Waals surface area contributed by atoms with Gasteiger partial charge in [0.1, 0.15) is 0 Å². The number of para-hydroxylation sites is 1. The Hall–Kier alpha value is -1.81. The van der Waals surface area contributed by atoms with Gasteiger partial charge in [-0.2, -0.15) is 0 Å². The van der Waals surface area contributed by atoms with Gasteiger partial charge in [0.15, 0.2) is 0 Å². The van der Waals surface area contributed by atoms with Crippen molar-refractivity contribution in [1.82, 2.24) is 9.55 Å². The molecule has 0 fully saturated rings. The third-order valence-electron chi connectivity index (χ3n) is 2.73. The number of hydrogen-bond acceptors (Lipinski definition) is 3. The number of hydrogen-bond donors (Lipinski definition) is 1. The molecule has 96 valence electrons. The van der Waals surface area contributed by atoms with E-state index in [4.69, 9.17) is 4.74 Å². The predicted molar refractivity (Wildman–Crippen MR) is 73.2 cm³/mol. The van der Waals surface area contributed by atoms with Crippen molar-refractivity contribution in [3.63, 3.8) is 0 Å². The van der Waals surface area contributed by atoms with E-state index in [-0.39, 0.29) is 0 Å². The Labute approximate surface area is 108 Å². The SMILES string of the molecule is COCCCCNc1nccn1-c1ccccc1. The molecule has 1 heterocycles. The first kappa shape index (κ1) is 12.6. The number of unbranched alkanes of at least 4 members (excludes halogenated alkanes) is 1. The highest BCUT2D eigenvalue weighted by Crippen LogP contribution is 2.13. The van der Waals surface area contributed by atoms with Crippen LogP contribution >= 0.6 is 0 Å². The quantitative estimate of drug-likeness (QED) is 0.762. The maximum atomic E-state index is 5.02. The van der Waals surface area contributed by atoms with Crippen LogP contribution in [0, 0.1) is 0 Å². The van der Waals surface area contributed by atoms with Crippen LogP contribution in [0.4, 0.5) is 5.95 Å². The lowest BCUT2D eigenvalue weighted by Gasteiger charge is -2.09. The number of anilines is 1. The van der Waals surface area contributed by atoms with Crippen LogP contribution in [0.5, 0.6) is 0 Å². The van der Waals surface area contributed by atoms with Gasteiger partial charge < -0.3 is 10.1 Å². The lowest BCUT2D eigenvalue weighted by Crippen LogP contribution is -2.08. The number of benzene rings is 1. The standard InChI is InChI=1S/C14H19N3O/c1-18-12-6-5-9-15-14-16-10-11-17(14)13-7-3-2-4-8-13/h2-4,7-8,10-11H,5-6,9,12H2,1H3,(H,15,16). The van der Waals surface area contributed by atoms with E-state index in [1.807, 2.05) is 30.6 Å². The van der Waals surface area contributed by atoms with Crippen molar-refractivity contribution >= 4 is 5.95 Å². The highest BCUT2D eigenvalue weighted by Gasteiger charge is 2.02. The lowest BCUT2D eigenvalue weighted by atomic mass is 10.3. The summed E-state index contributed by atoms with van der Waals surface area (Å²) in [6.07, 6.45) is 5.92. The normalized spacial score (nSPS) is 10.5. The van der Waals surface area contributed by atoms with Crippen molar-refractivity contribution in [3.8, 4) is 5.69 Å². The summed E-state index contributed by atoms with van der Waals surface area (Å²) in [5.74, 6) is 0.888. The second-order valence-corrected chi connectivity index (χ2v) is 4.08. The van der Waals surface area contributed by atoms with Crippen LogP contribution in [-0.4, -0.2) is 29.8 Å². The van der Waals surface area contributed by atoms with Gasteiger partial charge in [0.2, 0.25) is 5.95 Å². The van der Waals surface area contributed by atoms with Crippen molar-refractivity contribution in [2.45, 2.75) is 12.8 Å². The van der Waals surface area contributed by atoms with Crippen LogP contribution in [0.15, 0.2) is 42.7 Å². The molecule has 0 saturated carbocycles. The molecule has 1 N–H and O–H groups in total. The van der Waals surface area contributed by atoms with E-state index in [2.05, 4.69) is 27.0 Å². The number of nitrogens with zero attached hydrogens (tertiary/aromatic N) is 2. The molecule has 2 rings (SSSR count). The number of nitrogens with one attached hydrogen (secondary N) is 1. The van der Waals surface area contributed by atoms with Crippen LogP contribution in [0.3, 0.4) is 0 Å². The Morgan fingerprint density at radius 3 is 2.83 bits per heavy atom. The molecule has 0 bridgehead atoms. The third kappa shape index (κ3) is 3.34. The minimum atomic E-state index is 0.814. The third-order valence-corrected chi connectivity index (χ3v) is 2.73. The van der Waals surface area contributed by atoms with Gasteiger partial charge in [-0.15, -0.1) is 0 Å². The zero-order chi connectivity index (χ0) is 12.6. The van der Waals surface area contributed by atoms with Crippen LogP contribution in [-0.2, 0) is 4.74 Å². The summed E-state index contributed by atoms with van der Waals surface area (Å²) >= 11 is 0. The van der Waals surface area contributed by atoms with Crippen molar-refractivity contribution in [1.29, 1.82) is 0 Å². The molecule has 0 aliphatic carbocycles.